The lowest BCUT2D eigenvalue weighted by Gasteiger charge is -2.31. The van der Waals surface area contributed by atoms with E-state index in [1.807, 2.05) is 0 Å². The number of rotatable bonds is 6. The van der Waals surface area contributed by atoms with E-state index in [0.717, 1.165) is 11.3 Å². The molecule has 0 bridgehead atoms. The Labute approximate surface area is 205 Å². The molecule has 0 aliphatic carbocycles. The summed E-state index contributed by atoms with van der Waals surface area (Å²) in [5.41, 5.74) is 1.22. The number of halogens is 1. The fourth-order valence-electron chi connectivity index (χ4n) is 3.55. The summed E-state index contributed by atoms with van der Waals surface area (Å²) in [7, 11) is 1.58. The quantitative estimate of drug-likeness (QED) is 0.531. The van der Waals surface area contributed by atoms with Gasteiger partial charge in [-0.2, -0.15) is 0 Å². The van der Waals surface area contributed by atoms with Crippen molar-refractivity contribution in [2.24, 2.45) is 5.92 Å². The number of piperidine rings is 1. The van der Waals surface area contributed by atoms with Gasteiger partial charge in [-0.15, -0.1) is 10.2 Å². The number of likely N-dealkylation sites (tertiary alicyclic amines) is 1. The SMILES string of the molecule is COc1ccc(NC(=O)[C@H]2CCCN(C(=O)c3nnc(C(=O)Nc4ccc(Cl)cc4)s3)C2)cc1. The molecule has 0 radical (unpaired) electrons. The van der Waals surface area contributed by atoms with Crippen molar-refractivity contribution in [1.29, 1.82) is 0 Å². The maximum absolute atomic E-state index is 13.0. The molecule has 1 fully saturated rings. The summed E-state index contributed by atoms with van der Waals surface area (Å²) in [5, 5.41) is 14.1. The van der Waals surface area contributed by atoms with Gasteiger partial charge in [0.15, 0.2) is 0 Å². The Morgan fingerprint density at radius 1 is 1.00 bits per heavy atom. The predicted octanol–water partition coefficient (Wildman–Crippen LogP) is 3.94. The van der Waals surface area contributed by atoms with Crippen LogP contribution in [-0.4, -0.2) is 53.0 Å². The van der Waals surface area contributed by atoms with Crippen LogP contribution in [0.4, 0.5) is 11.4 Å². The largest absolute Gasteiger partial charge is 0.497 e. The highest BCUT2D eigenvalue weighted by atomic mass is 35.5. The van der Waals surface area contributed by atoms with E-state index >= 15 is 0 Å². The van der Waals surface area contributed by atoms with E-state index < -0.39 is 5.91 Å². The van der Waals surface area contributed by atoms with Crippen LogP contribution < -0.4 is 15.4 Å². The molecule has 0 spiro atoms. The smallest absolute Gasteiger partial charge is 0.286 e. The number of amides is 3. The van der Waals surface area contributed by atoms with E-state index in [9.17, 15) is 14.4 Å². The van der Waals surface area contributed by atoms with E-state index in [1.54, 1.807) is 60.5 Å². The second-order valence-corrected chi connectivity index (χ2v) is 9.10. The Morgan fingerprint density at radius 3 is 2.35 bits per heavy atom. The van der Waals surface area contributed by atoms with Crippen LogP contribution in [0.3, 0.4) is 0 Å². The van der Waals surface area contributed by atoms with Gasteiger partial charge in [0.05, 0.1) is 13.0 Å². The molecule has 3 amide bonds. The fourth-order valence-corrected chi connectivity index (χ4v) is 4.38. The Kier molecular flexibility index (Phi) is 7.39. The molecule has 0 saturated carbocycles. The monoisotopic (exact) mass is 499 g/mol. The molecule has 9 nitrogen and oxygen atoms in total. The number of methoxy groups -OCH3 is 1. The minimum absolute atomic E-state index is 0.0732. The number of aromatic nitrogens is 2. The number of carbonyl (C=O) groups is 3. The summed E-state index contributed by atoms with van der Waals surface area (Å²) < 4.78 is 5.13. The Bertz CT molecular complexity index is 1180. The van der Waals surface area contributed by atoms with Crippen molar-refractivity contribution in [3.8, 4) is 5.75 Å². The van der Waals surface area contributed by atoms with Crippen LogP contribution in [0.25, 0.3) is 0 Å². The fraction of sp³-hybridized carbons (Fsp3) is 0.261. The number of hydrogen-bond acceptors (Lipinski definition) is 7. The van der Waals surface area contributed by atoms with E-state index in [-0.39, 0.29) is 34.3 Å². The topological polar surface area (TPSA) is 114 Å². The molecule has 34 heavy (non-hydrogen) atoms. The lowest BCUT2D eigenvalue weighted by atomic mass is 9.97. The van der Waals surface area contributed by atoms with Crippen molar-refractivity contribution in [1.82, 2.24) is 15.1 Å². The number of carbonyl (C=O) groups excluding carboxylic acids is 3. The Morgan fingerprint density at radius 2 is 1.65 bits per heavy atom. The van der Waals surface area contributed by atoms with E-state index in [1.165, 1.54) is 0 Å². The lowest BCUT2D eigenvalue weighted by Crippen LogP contribution is -2.43. The van der Waals surface area contributed by atoms with Gasteiger partial charge in [-0.25, -0.2) is 0 Å². The summed E-state index contributed by atoms with van der Waals surface area (Å²) >= 11 is 6.77. The summed E-state index contributed by atoms with van der Waals surface area (Å²) in [5.74, 6) is -0.603. The molecule has 0 unspecified atom stereocenters. The molecule has 1 atom stereocenters. The summed E-state index contributed by atoms with van der Waals surface area (Å²) in [6, 6.07) is 13.7. The number of hydrogen-bond donors (Lipinski definition) is 2. The third-order valence-electron chi connectivity index (χ3n) is 5.34. The van der Waals surface area contributed by atoms with Crippen LogP contribution in [0.15, 0.2) is 48.5 Å². The highest BCUT2D eigenvalue weighted by Gasteiger charge is 2.31. The van der Waals surface area contributed by atoms with Crippen molar-refractivity contribution < 1.29 is 19.1 Å². The summed E-state index contributed by atoms with van der Waals surface area (Å²) in [4.78, 5) is 39.7. The molecule has 3 aromatic rings. The Hall–Kier alpha value is -3.50. The molecular formula is C23H22ClN5O4S. The molecule has 2 heterocycles. The molecular weight excluding hydrogens is 478 g/mol. The molecule has 11 heteroatoms. The maximum Gasteiger partial charge on any atom is 0.286 e. The first-order valence-electron chi connectivity index (χ1n) is 10.6. The number of anilines is 2. The van der Waals surface area contributed by atoms with E-state index in [0.29, 0.717) is 41.5 Å². The molecule has 1 aliphatic heterocycles. The van der Waals surface area contributed by atoms with Gasteiger partial charge in [-0.05, 0) is 61.4 Å². The van der Waals surface area contributed by atoms with Gasteiger partial charge in [-0.3, -0.25) is 14.4 Å². The standard InChI is InChI=1S/C23H22ClN5O4S/c1-33-18-10-8-17(9-11-18)25-19(30)14-3-2-12-29(13-14)23(32)22-28-27-21(34-22)20(31)26-16-6-4-15(24)5-7-16/h4-11,14H,2-3,12-13H2,1H3,(H,25,30)(H,26,31)/t14-/m0/s1. The maximum atomic E-state index is 13.0. The van der Waals surface area contributed by atoms with E-state index in [2.05, 4.69) is 20.8 Å². The highest BCUT2D eigenvalue weighted by Crippen LogP contribution is 2.23. The minimum Gasteiger partial charge on any atom is -0.497 e. The zero-order valence-corrected chi connectivity index (χ0v) is 19.9. The van der Waals surface area contributed by atoms with Crippen LogP contribution in [0.2, 0.25) is 5.02 Å². The van der Waals surface area contributed by atoms with Crippen LogP contribution in [0, 0.1) is 5.92 Å². The first-order chi connectivity index (χ1) is 16.4. The van der Waals surface area contributed by atoms with Crippen LogP contribution in [0.1, 0.15) is 32.4 Å². The first-order valence-corrected chi connectivity index (χ1v) is 11.8. The average molecular weight is 500 g/mol. The third kappa shape index (κ3) is 5.70. The van der Waals surface area contributed by atoms with Gasteiger partial charge in [0.1, 0.15) is 5.75 Å². The van der Waals surface area contributed by atoms with Crippen molar-refractivity contribution in [2.75, 3.05) is 30.8 Å². The molecule has 176 valence electrons. The zero-order chi connectivity index (χ0) is 24.1. The summed E-state index contributed by atoms with van der Waals surface area (Å²) in [6.45, 7) is 0.781. The van der Waals surface area contributed by atoms with Crippen molar-refractivity contribution in [2.45, 2.75) is 12.8 Å². The third-order valence-corrected chi connectivity index (χ3v) is 6.50. The second kappa shape index (κ2) is 10.6. The first kappa shape index (κ1) is 23.7. The highest BCUT2D eigenvalue weighted by molar-refractivity contribution is 7.15. The second-order valence-electron chi connectivity index (χ2n) is 7.68. The number of benzene rings is 2. The van der Waals surface area contributed by atoms with Crippen LogP contribution in [0.5, 0.6) is 5.75 Å². The number of nitrogens with one attached hydrogen (secondary N) is 2. The number of nitrogens with zero attached hydrogens (tertiary/aromatic N) is 3. The van der Waals surface area contributed by atoms with Gasteiger partial charge in [0.2, 0.25) is 15.9 Å². The van der Waals surface area contributed by atoms with Gasteiger partial charge in [0, 0.05) is 29.5 Å². The zero-order valence-electron chi connectivity index (χ0n) is 18.3. The molecule has 2 aromatic carbocycles. The lowest BCUT2D eigenvalue weighted by molar-refractivity contribution is -0.121. The molecule has 4 rings (SSSR count). The normalized spacial score (nSPS) is 15.5. The van der Waals surface area contributed by atoms with Gasteiger partial charge in [0.25, 0.3) is 11.8 Å². The number of ether oxygens (including phenoxy) is 1. The minimum atomic E-state index is -0.464. The molecule has 2 N–H and O–H groups in total. The summed E-state index contributed by atoms with van der Waals surface area (Å²) in [6.07, 6.45) is 1.37. The average Bonchev–Trinajstić information content (AvgIpc) is 3.36. The van der Waals surface area contributed by atoms with Crippen molar-refractivity contribution in [3.63, 3.8) is 0 Å². The van der Waals surface area contributed by atoms with Gasteiger partial charge >= 0.3 is 0 Å². The molecule has 1 saturated heterocycles. The van der Waals surface area contributed by atoms with E-state index in [4.69, 9.17) is 16.3 Å². The Balaban J connectivity index is 1.36. The van der Waals surface area contributed by atoms with Crippen molar-refractivity contribution in [3.05, 3.63) is 63.6 Å². The predicted molar refractivity (Wildman–Crippen MR) is 130 cm³/mol. The van der Waals surface area contributed by atoms with Crippen LogP contribution >= 0.6 is 22.9 Å². The molecule has 1 aromatic heterocycles. The van der Waals surface area contributed by atoms with Gasteiger partial charge in [-0.1, -0.05) is 22.9 Å². The van der Waals surface area contributed by atoms with Gasteiger partial charge < -0.3 is 20.3 Å². The van der Waals surface area contributed by atoms with Crippen molar-refractivity contribution >= 4 is 52.0 Å². The molecule has 1 aliphatic rings. The van der Waals surface area contributed by atoms with Crippen LogP contribution in [-0.2, 0) is 4.79 Å².